The van der Waals surface area contributed by atoms with Gasteiger partial charge in [0.2, 0.25) is 0 Å². The highest BCUT2D eigenvalue weighted by molar-refractivity contribution is 6.31. The molecular weight excluding hydrogens is 271 g/mol. The number of rotatable bonds is 2. The van der Waals surface area contributed by atoms with Gasteiger partial charge in [-0.15, -0.1) is 0 Å². The largest absolute Gasteiger partial charge is 0.425 e. The molecule has 0 amide bonds. The van der Waals surface area contributed by atoms with E-state index in [4.69, 9.17) is 11.6 Å². The summed E-state index contributed by atoms with van der Waals surface area (Å²) >= 11 is 5.67. The zero-order valence-corrected chi connectivity index (χ0v) is 9.42. The molecule has 0 saturated heterocycles. The third-order valence-electron chi connectivity index (χ3n) is 2.24. The number of nitrogens with zero attached hydrogens (tertiary/aromatic N) is 1. The Morgan fingerprint density at radius 1 is 1.28 bits per heavy atom. The lowest BCUT2D eigenvalue weighted by Gasteiger charge is -2.08. The van der Waals surface area contributed by atoms with Crippen LogP contribution in [0.5, 0.6) is 5.75 Å². The predicted molar refractivity (Wildman–Crippen MR) is 58.4 cm³/mol. The van der Waals surface area contributed by atoms with Gasteiger partial charge in [-0.25, -0.2) is 4.98 Å². The van der Waals surface area contributed by atoms with E-state index < -0.39 is 11.7 Å². The van der Waals surface area contributed by atoms with E-state index in [0.717, 1.165) is 12.1 Å². The lowest BCUT2D eigenvalue weighted by molar-refractivity contribution is -0.137. The second-order valence-electron chi connectivity index (χ2n) is 3.40. The summed E-state index contributed by atoms with van der Waals surface area (Å²) in [5, 5.41) is 0.221. The average molecular weight is 276 g/mol. The van der Waals surface area contributed by atoms with Crippen LogP contribution in [0.4, 0.5) is 13.2 Å². The molecule has 0 aliphatic rings. The van der Waals surface area contributed by atoms with Crippen LogP contribution in [0.25, 0.3) is 10.9 Å². The Balaban J connectivity index is 2.59. The van der Waals surface area contributed by atoms with E-state index in [0.29, 0.717) is 5.39 Å². The molecule has 0 radical (unpaired) electrons. The molecule has 0 bridgehead atoms. The minimum atomic E-state index is -4.44. The van der Waals surface area contributed by atoms with E-state index in [2.05, 4.69) is 9.72 Å². The van der Waals surface area contributed by atoms with Crippen LogP contribution in [-0.2, 0) is 11.0 Å². The molecule has 0 aliphatic carbocycles. The second-order valence-corrected chi connectivity index (χ2v) is 3.75. The Labute approximate surface area is 104 Å². The number of halogens is 4. The standard InChI is InChI=1S/C11H5ClF3NO2/c12-10-9(18-5-17)3-6-1-2-7(11(13,14)15)4-8(6)16-10/h1-5H. The van der Waals surface area contributed by atoms with Crippen molar-refractivity contribution in [2.24, 2.45) is 0 Å². The van der Waals surface area contributed by atoms with Gasteiger partial charge < -0.3 is 4.74 Å². The molecule has 18 heavy (non-hydrogen) atoms. The molecule has 2 rings (SSSR count). The molecular formula is C11H5ClF3NO2. The predicted octanol–water partition coefficient (Wildman–Crippen LogP) is 3.44. The minimum absolute atomic E-state index is 0.000995. The van der Waals surface area contributed by atoms with Crippen LogP contribution >= 0.6 is 11.6 Å². The summed E-state index contributed by atoms with van der Waals surface area (Å²) < 4.78 is 42.0. The maximum atomic E-state index is 12.5. The zero-order chi connectivity index (χ0) is 13.3. The van der Waals surface area contributed by atoms with Gasteiger partial charge in [0.15, 0.2) is 10.9 Å². The van der Waals surface area contributed by atoms with Gasteiger partial charge >= 0.3 is 6.18 Å². The Morgan fingerprint density at radius 2 is 2.00 bits per heavy atom. The highest BCUT2D eigenvalue weighted by Crippen LogP contribution is 2.33. The third kappa shape index (κ3) is 2.38. The molecule has 0 aliphatic heterocycles. The first-order valence-electron chi connectivity index (χ1n) is 4.69. The van der Waals surface area contributed by atoms with Crippen molar-refractivity contribution in [2.45, 2.75) is 6.18 Å². The Bertz CT molecular complexity index is 613. The number of carbonyl (C=O) groups is 1. The fourth-order valence-corrected chi connectivity index (χ4v) is 1.63. The summed E-state index contributed by atoms with van der Waals surface area (Å²) in [4.78, 5) is 13.9. The molecule has 0 saturated carbocycles. The first-order valence-corrected chi connectivity index (χ1v) is 5.07. The van der Waals surface area contributed by atoms with Crippen LogP contribution in [0, 0.1) is 0 Å². The molecule has 3 nitrogen and oxygen atoms in total. The molecule has 0 unspecified atom stereocenters. The van der Waals surface area contributed by atoms with E-state index in [1.165, 1.54) is 12.1 Å². The lowest BCUT2D eigenvalue weighted by atomic mass is 10.1. The first-order chi connectivity index (χ1) is 8.41. The van der Waals surface area contributed by atoms with Crippen molar-refractivity contribution in [2.75, 3.05) is 0 Å². The molecule has 7 heteroatoms. The van der Waals surface area contributed by atoms with Crippen LogP contribution in [0.15, 0.2) is 24.3 Å². The molecule has 0 fully saturated rings. The number of alkyl halides is 3. The van der Waals surface area contributed by atoms with Crippen molar-refractivity contribution in [3.63, 3.8) is 0 Å². The molecule has 94 valence electrons. The smallest absolute Gasteiger partial charge is 0.416 e. The van der Waals surface area contributed by atoms with Crippen molar-refractivity contribution >= 4 is 29.0 Å². The van der Waals surface area contributed by atoms with E-state index in [1.807, 2.05) is 0 Å². The lowest BCUT2D eigenvalue weighted by Crippen LogP contribution is -2.04. The van der Waals surface area contributed by atoms with E-state index in [9.17, 15) is 18.0 Å². The first kappa shape index (κ1) is 12.6. The highest BCUT2D eigenvalue weighted by atomic mass is 35.5. The van der Waals surface area contributed by atoms with Crippen LogP contribution in [-0.4, -0.2) is 11.5 Å². The van der Waals surface area contributed by atoms with Gasteiger partial charge in [-0.2, -0.15) is 13.2 Å². The summed E-state index contributed by atoms with van der Waals surface area (Å²) in [5.74, 6) is -0.000995. The van der Waals surface area contributed by atoms with Crippen molar-refractivity contribution in [3.05, 3.63) is 35.0 Å². The SMILES string of the molecule is O=COc1cc2ccc(C(F)(F)F)cc2nc1Cl. The zero-order valence-electron chi connectivity index (χ0n) is 8.66. The van der Waals surface area contributed by atoms with Gasteiger partial charge in [0.1, 0.15) is 0 Å². The van der Waals surface area contributed by atoms with Gasteiger partial charge in [-0.1, -0.05) is 17.7 Å². The molecule has 2 aromatic rings. The van der Waals surface area contributed by atoms with Gasteiger partial charge in [0.25, 0.3) is 6.47 Å². The van der Waals surface area contributed by atoms with Crippen LogP contribution in [0.2, 0.25) is 5.15 Å². The van der Waals surface area contributed by atoms with Crippen molar-refractivity contribution in [1.82, 2.24) is 4.98 Å². The summed E-state index contributed by atoms with van der Waals surface area (Å²) in [7, 11) is 0. The van der Waals surface area contributed by atoms with Gasteiger partial charge in [0, 0.05) is 5.39 Å². The molecule has 1 aromatic carbocycles. The fraction of sp³-hybridized carbons (Fsp3) is 0.0909. The van der Waals surface area contributed by atoms with E-state index in [1.54, 1.807) is 0 Å². The minimum Gasteiger partial charge on any atom is -0.425 e. The number of aromatic nitrogens is 1. The quantitative estimate of drug-likeness (QED) is 0.622. The number of ether oxygens (including phenoxy) is 1. The Morgan fingerprint density at radius 3 is 2.61 bits per heavy atom. The number of pyridine rings is 1. The third-order valence-corrected chi connectivity index (χ3v) is 2.51. The van der Waals surface area contributed by atoms with Gasteiger partial charge in [-0.05, 0) is 18.2 Å². The van der Waals surface area contributed by atoms with Crippen molar-refractivity contribution in [1.29, 1.82) is 0 Å². The molecule has 1 heterocycles. The monoisotopic (exact) mass is 275 g/mol. The molecule has 0 N–H and O–H groups in total. The fourth-order valence-electron chi connectivity index (χ4n) is 1.43. The van der Waals surface area contributed by atoms with Gasteiger partial charge in [0.05, 0.1) is 11.1 Å². The molecule has 0 spiro atoms. The number of hydrogen-bond acceptors (Lipinski definition) is 3. The average Bonchev–Trinajstić information content (AvgIpc) is 2.28. The Hall–Kier alpha value is -1.82. The number of carbonyl (C=O) groups excluding carboxylic acids is 1. The summed E-state index contributed by atoms with van der Waals surface area (Å²) in [6, 6.07) is 4.38. The summed E-state index contributed by atoms with van der Waals surface area (Å²) in [6.45, 7) is 0.165. The van der Waals surface area contributed by atoms with Gasteiger partial charge in [-0.3, -0.25) is 4.79 Å². The topological polar surface area (TPSA) is 39.2 Å². The number of hydrogen-bond donors (Lipinski definition) is 0. The normalized spacial score (nSPS) is 11.6. The second kappa shape index (κ2) is 4.45. The maximum absolute atomic E-state index is 12.5. The van der Waals surface area contributed by atoms with Crippen LogP contribution in [0.1, 0.15) is 5.56 Å². The maximum Gasteiger partial charge on any atom is 0.416 e. The van der Waals surface area contributed by atoms with E-state index >= 15 is 0 Å². The summed E-state index contributed by atoms with van der Waals surface area (Å²) in [6.07, 6.45) is -4.44. The van der Waals surface area contributed by atoms with Crippen LogP contribution < -0.4 is 4.74 Å². The highest BCUT2D eigenvalue weighted by Gasteiger charge is 2.30. The number of benzene rings is 1. The van der Waals surface area contributed by atoms with Crippen LogP contribution in [0.3, 0.4) is 0 Å². The number of fused-ring (bicyclic) bond motifs is 1. The van der Waals surface area contributed by atoms with Crippen molar-refractivity contribution in [3.8, 4) is 5.75 Å². The van der Waals surface area contributed by atoms with E-state index in [-0.39, 0.29) is 22.9 Å². The Kier molecular flexibility index (Phi) is 3.13. The molecule has 1 aromatic heterocycles. The summed E-state index contributed by atoms with van der Waals surface area (Å²) in [5.41, 5.74) is -0.740. The van der Waals surface area contributed by atoms with Crippen molar-refractivity contribution < 1.29 is 22.7 Å². The molecule has 0 atom stereocenters.